The molecule has 3 heteroatoms. The first kappa shape index (κ1) is 14.1. The molecule has 1 heterocycles. The van der Waals surface area contributed by atoms with Crippen LogP contribution in [0.5, 0.6) is 0 Å². The Labute approximate surface area is 105 Å². The molecule has 96 valence electrons. The maximum Gasteiger partial charge on any atom is 0.144 e. The van der Waals surface area contributed by atoms with E-state index in [0.29, 0.717) is 0 Å². The van der Waals surface area contributed by atoms with E-state index in [4.69, 9.17) is 5.73 Å². The number of rotatable bonds is 9. The zero-order chi connectivity index (χ0) is 12.3. The molecule has 0 bridgehead atoms. The molecule has 1 aromatic heterocycles. The van der Waals surface area contributed by atoms with Gasteiger partial charge in [0.2, 0.25) is 0 Å². The van der Waals surface area contributed by atoms with Crippen LogP contribution in [0.15, 0.2) is 18.5 Å². The van der Waals surface area contributed by atoms with E-state index in [1.54, 1.807) is 12.4 Å². The number of hydrogen-bond donors (Lipinski definition) is 1. The van der Waals surface area contributed by atoms with Gasteiger partial charge in [-0.25, -0.2) is 9.97 Å². The van der Waals surface area contributed by atoms with Crippen LogP contribution in [0, 0.1) is 0 Å². The SMILES string of the molecule is CCCCCCCCCC(N)c1ncccn1. The normalized spacial score (nSPS) is 12.6. The Bertz CT molecular complexity index is 274. The summed E-state index contributed by atoms with van der Waals surface area (Å²) in [5.74, 6) is 0.776. The molecule has 17 heavy (non-hydrogen) atoms. The van der Waals surface area contributed by atoms with Crippen LogP contribution in [0.4, 0.5) is 0 Å². The van der Waals surface area contributed by atoms with Gasteiger partial charge in [0.25, 0.3) is 0 Å². The Morgan fingerprint density at radius 1 is 1.00 bits per heavy atom. The third kappa shape index (κ3) is 6.37. The van der Waals surface area contributed by atoms with Gasteiger partial charge in [-0.2, -0.15) is 0 Å². The van der Waals surface area contributed by atoms with Gasteiger partial charge in [-0.05, 0) is 12.5 Å². The van der Waals surface area contributed by atoms with Crippen LogP contribution < -0.4 is 5.73 Å². The molecule has 2 N–H and O–H groups in total. The third-order valence-corrected chi connectivity index (χ3v) is 3.04. The van der Waals surface area contributed by atoms with Gasteiger partial charge < -0.3 is 5.73 Å². The van der Waals surface area contributed by atoms with Gasteiger partial charge in [0, 0.05) is 12.4 Å². The fourth-order valence-corrected chi connectivity index (χ4v) is 1.95. The first-order chi connectivity index (χ1) is 8.34. The van der Waals surface area contributed by atoms with Crippen LogP contribution >= 0.6 is 0 Å². The summed E-state index contributed by atoms with van der Waals surface area (Å²) in [6.07, 6.45) is 13.7. The third-order valence-electron chi connectivity index (χ3n) is 3.04. The van der Waals surface area contributed by atoms with E-state index in [1.165, 1.54) is 44.9 Å². The monoisotopic (exact) mass is 235 g/mol. The fourth-order valence-electron chi connectivity index (χ4n) is 1.95. The van der Waals surface area contributed by atoms with Crippen LogP contribution in [0.25, 0.3) is 0 Å². The second-order valence-electron chi connectivity index (χ2n) is 4.62. The predicted octanol–water partition coefficient (Wildman–Crippen LogP) is 3.62. The number of unbranched alkanes of at least 4 members (excludes halogenated alkanes) is 6. The van der Waals surface area contributed by atoms with E-state index in [0.717, 1.165) is 12.2 Å². The van der Waals surface area contributed by atoms with Crippen molar-refractivity contribution in [1.29, 1.82) is 0 Å². The second kappa shape index (κ2) is 9.11. The Morgan fingerprint density at radius 2 is 1.59 bits per heavy atom. The van der Waals surface area contributed by atoms with Gasteiger partial charge in [0.05, 0.1) is 6.04 Å². The molecule has 0 amide bonds. The van der Waals surface area contributed by atoms with Crippen molar-refractivity contribution in [2.45, 2.75) is 64.3 Å². The van der Waals surface area contributed by atoms with Gasteiger partial charge in [0.15, 0.2) is 0 Å². The van der Waals surface area contributed by atoms with Gasteiger partial charge in [-0.3, -0.25) is 0 Å². The first-order valence-corrected chi connectivity index (χ1v) is 6.87. The summed E-state index contributed by atoms with van der Waals surface area (Å²) in [6, 6.07) is 1.83. The molecule has 0 aliphatic rings. The molecular weight excluding hydrogens is 210 g/mol. The van der Waals surface area contributed by atoms with E-state index in [1.807, 2.05) is 6.07 Å². The van der Waals surface area contributed by atoms with Crippen molar-refractivity contribution in [2.75, 3.05) is 0 Å². The van der Waals surface area contributed by atoms with Crippen molar-refractivity contribution in [3.63, 3.8) is 0 Å². The largest absolute Gasteiger partial charge is 0.321 e. The van der Waals surface area contributed by atoms with Gasteiger partial charge in [-0.1, -0.05) is 51.9 Å². The zero-order valence-electron chi connectivity index (χ0n) is 10.9. The lowest BCUT2D eigenvalue weighted by atomic mass is 10.1. The Hall–Kier alpha value is -0.960. The highest BCUT2D eigenvalue weighted by Crippen LogP contribution is 2.14. The maximum absolute atomic E-state index is 6.03. The highest BCUT2D eigenvalue weighted by Gasteiger charge is 2.07. The standard InChI is InChI=1S/C14H25N3/c1-2-3-4-5-6-7-8-10-13(15)14-16-11-9-12-17-14/h9,11-13H,2-8,10,15H2,1H3. The van der Waals surface area contributed by atoms with Gasteiger partial charge in [-0.15, -0.1) is 0 Å². The lowest BCUT2D eigenvalue weighted by molar-refractivity contribution is 0.528. The topological polar surface area (TPSA) is 51.8 Å². The van der Waals surface area contributed by atoms with Crippen LogP contribution in [0.1, 0.15) is 70.2 Å². The average Bonchev–Trinajstić information content (AvgIpc) is 2.38. The van der Waals surface area contributed by atoms with E-state index in [2.05, 4.69) is 16.9 Å². The van der Waals surface area contributed by atoms with Gasteiger partial charge in [0.1, 0.15) is 5.82 Å². The summed E-state index contributed by atoms with van der Waals surface area (Å²) in [5, 5.41) is 0. The molecule has 0 fully saturated rings. The zero-order valence-corrected chi connectivity index (χ0v) is 10.9. The van der Waals surface area contributed by atoms with Crippen molar-refractivity contribution in [2.24, 2.45) is 5.73 Å². The summed E-state index contributed by atoms with van der Waals surface area (Å²) in [5.41, 5.74) is 6.03. The molecule has 0 aliphatic carbocycles. The van der Waals surface area contributed by atoms with Crippen molar-refractivity contribution in [3.8, 4) is 0 Å². The first-order valence-electron chi connectivity index (χ1n) is 6.87. The quantitative estimate of drug-likeness (QED) is 0.665. The average molecular weight is 235 g/mol. The highest BCUT2D eigenvalue weighted by molar-refractivity contribution is 4.94. The fraction of sp³-hybridized carbons (Fsp3) is 0.714. The Morgan fingerprint density at radius 3 is 2.24 bits per heavy atom. The summed E-state index contributed by atoms with van der Waals surface area (Å²) >= 11 is 0. The number of hydrogen-bond acceptors (Lipinski definition) is 3. The minimum absolute atomic E-state index is 0.00634. The summed E-state index contributed by atoms with van der Waals surface area (Å²) in [4.78, 5) is 8.36. The van der Waals surface area contributed by atoms with E-state index >= 15 is 0 Å². The second-order valence-corrected chi connectivity index (χ2v) is 4.62. The highest BCUT2D eigenvalue weighted by atomic mass is 14.9. The lowest BCUT2D eigenvalue weighted by Crippen LogP contribution is -2.13. The molecule has 1 aromatic rings. The lowest BCUT2D eigenvalue weighted by Gasteiger charge is -2.09. The molecule has 1 atom stereocenters. The molecular formula is C14H25N3. The van der Waals surface area contributed by atoms with E-state index in [9.17, 15) is 0 Å². The number of nitrogens with zero attached hydrogens (tertiary/aromatic N) is 2. The molecule has 3 nitrogen and oxygen atoms in total. The number of aromatic nitrogens is 2. The minimum atomic E-state index is 0.00634. The molecule has 0 saturated carbocycles. The maximum atomic E-state index is 6.03. The molecule has 1 rings (SSSR count). The molecule has 0 saturated heterocycles. The Kier molecular flexibility index (Phi) is 7.56. The molecule has 1 unspecified atom stereocenters. The van der Waals surface area contributed by atoms with E-state index < -0.39 is 0 Å². The van der Waals surface area contributed by atoms with Crippen LogP contribution in [0.2, 0.25) is 0 Å². The van der Waals surface area contributed by atoms with E-state index in [-0.39, 0.29) is 6.04 Å². The van der Waals surface area contributed by atoms with Crippen molar-refractivity contribution >= 4 is 0 Å². The summed E-state index contributed by atoms with van der Waals surface area (Å²) < 4.78 is 0. The van der Waals surface area contributed by atoms with Crippen molar-refractivity contribution < 1.29 is 0 Å². The van der Waals surface area contributed by atoms with Crippen molar-refractivity contribution in [3.05, 3.63) is 24.3 Å². The summed E-state index contributed by atoms with van der Waals surface area (Å²) in [7, 11) is 0. The molecule has 0 aliphatic heterocycles. The van der Waals surface area contributed by atoms with Crippen LogP contribution in [-0.2, 0) is 0 Å². The number of nitrogens with two attached hydrogens (primary N) is 1. The predicted molar refractivity (Wildman–Crippen MR) is 71.6 cm³/mol. The molecule has 0 spiro atoms. The van der Waals surface area contributed by atoms with Gasteiger partial charge >= 0.3 is 0 Å². The Balaban J connectivity index is 2.03. The van der Waals surface area contributed by atoms with Crippen LogP contribution in [0.3, 0.4) is 0 Å². The summed E-state index contributed by atoms with van der Waals surface area (Å²) in [6.45, 7) is 2.25. The molecule has 0 aromatic carbocycles. The van der Waals surface area contributed by atoms with Crippen LogP contribution in [-0.4, -0.2) is 9.97 Å². The smallest absolute Gasteiger partial charge is 0.144 e. The minimum Gasteiger partial charge on any atom is -0.321 e. The molecule has 0 radical (unpaired) electrons. The van der Waals surface area contributed by atoms with Crippen molar-refractivity contribution in [1.82, 2.24) is 9.97 Å².